The van der Waals surface area contributed by atoms with Crippen LogP contribution in [0.4, 0.5) is 0 Å². The number of carbonyl (C=O) groups excluding carboxylic acids is 1. The van der Waals surface area contributed by atoms with Gasteiger partial charge in [-0.2, -0.15) is 0 Å². The van der Waals surface area contributed by atoms with E-state index in [1.54, 1.807) is 6.92 Å². The van der Waals surface area contributed by atoms with E-state index < -0.39 is 36.7 Å². The van der Waals surface area contributed by atoms with Crippen LogP contribution >= 0.6 is 0 Å². The van der Waals surface area contributed by atoms with Crippen molar-refractivity contribution in [1.29, 1.82) is 0 Å². The predicted octanol–water partition coefficient (Wildman–Crippen LogP) is 4.61. The third-order valence-corrected chi connectivity index (χ3v) is 11.4. The lowest BCUT2D eigenvalue weighted by Crippen LogP contribution is -2.60. The number of allylic oxidation sites excluding steroid dienone is 1. The number of aliphatic hydroxyl groups excluding tert-OH is 2. The minimum Gasteiger partial charge on any atom is -0.454 e. The highest BCUT2D eigenvalue weighted by molar-refractivity contribution is 5.66. The zero-order chi connectivity index (χ0) is 25.1. The van der Waals surface area contributed by atoms with Crippen LogP contribution in [0, 0.1) is 40.4 Å². The zero-order valence-electron chi connectivity index (χ0n) is 22.0. The monoisotopic (exact) mass is 490 g/mol. The second-order valence-corrected chi connectivity index (χ2v) is 12.9. The molecule has 13 atom stereocenters. The molecule has 5 aliphatic rings. The molecule has 1 heterocycles. The zero-order valence-corrected chi connectivity index (χ0v) is 22.0. The third kappa shape index (κ3) is 4.20. The summed E-state index contributed by atoms with van der Waals surface area (Å²) in [6.07, 6.45) is 8.44. The molecule has 198 valence electrons. The van der Waals surface area contributed by atoms with E-state index in [2.05, 4.69) is 26.5 Å². The number of carbonyl (C=O) groups is 1. The minimum absolute atomic E-state index is 0.00723. The fraction of sp³-hybridized carbons (Fsp3) is 0.897. The molecule has 13 unspecified atom stereocenters. The summed E-state index contributed by atoms with van der Waals surface area (Å²) >= 11 is 0. The summed E-state index contributed by atoms with van der Waals surface area (Å²) in [4.78, 5) is 11.7. The Morgan fingerprint density at radius 3 is 2.43 bits per heavy atom. The van der Waals surface area contributed by atoms with E-state index in [-0.39, 0.29) is 6.10 Å². The fourth-order valence-corrected chi connectivity index (χ4v) is 9.39. The third-order valence-electron chi connectivity index (χ3n) is 11.4. The Kier molecular flexibility index (Phi) is 6.91. The molecule has 6 nitrogen and oxygen atoms in total. The van der Waals surface area contributed by atoms with Crippen LogP contribution in [0.1, 0.15) is 85.5 Å². The molecule has 6 heteroatoms. The number of hydrogen-bond acceptors (Lipinski definition) is 6. The van der Waals surface area contributed by atoms with Gasteiger partial charge in [0.05, 0.1) is 12.2 Å². The van der Waals surface area contributed by atoms with Gasteiger partial charge in [-0.3, -0.25) is 4.79 Å². The molecule has 0 aromatic rings. The van der Waals surface area contributed by atoms with E-state index in [1.807, 2.05) is 0 Å². The van der Waals surface area contributed by atoms with Crippen LogP contribution in [0.2, 0.25) is 0 Å². The van der Waals surface area contributed by atoms with E-state index in [0.29, 0.717) is 22.7 Å². The van der Waals surface area contributed by atoms with Gasteiger partial charge in [0.25, 0.3) is 0 Å². The van der Waals surface area contributed by atoms with Crippen molar-refractivity contribution in [3.63, 3.8) is 0 Å². The molecule has 1 aliphatic heterocycles. The highest BCUT2D eigenvalue weighted by atomic mass is 16.7. The lowest BCUT2D eigenvalue weighted by molar-refractivity contribution is -0.312. The van der Waals surface area contributed by atoms with Gasteiger partial charge < -0.3 is 24.4 Å². The molecule has 5 rings (SSSR count). The van der Waals surface area contributed by atoms with Crippen LogP contribution in [0.5, 0.6) is 0 Å². The second kappa shape index (κ2) is 9.41. The molecule has 0 bridgehead atoms. The lowest BCUT2D eigenvalue weighted by Gasteiger charge is -2.61. The van der Waals surface area contributed by atoms with Crippen LogP contribution in [0.3, 0.4) is 0 Å². The van der Waals surface area contributed by atoms with Crippen LogP contribution in [0.15, 0.2) is 12.7 Å². The summed E-state index contributed by atoms with van der Waals surface area (Å²) in [6.45, 7) is 12.3. The van der Waals surface area contributed by atoms with Gasteiger partial charge in [0, 0.05) is 6.92 Å². The molecule has 35 heavy (non-hydrogen) atoms. The predicted molar refractivity (Wildman–Crippen MR) is 132 cm³/mol. The Labute approximate surface area is 210 Å². The van der Waals surface area contributed by atoms with Crippen molar-refractivity contribution >= 4 is 5.97 Å². The number of ether oxygens (including phenoxy) is 3. The van der Waals surface area contributed by atoms with Gasteiger partial charge in [0.15, 0.2) is 12.4 Å². The molecule has 0 spiro atoms. The normalized spacial score (nSPS) is 53.7. The maximum absolute atomic E-state index is 11.7. The van der Waals surface area contributed by atoms with E-state index in [0.717, 1.165) is 37.0 Å². The van der Waals surface area contributed by atoms with Crippen LogP contribution < -0.4 is 0 Å². The molecule has 0 aromatic carbocycles. The van der Waals surface area contributed by atoms with Gasteiger partial charge in [-0.1, -0.05) is 19.9 Å². The van der Waals surface area contributed by atoms with Crippen molar-refractivity contribution in [2.24, 2.45) is 40.4 Å². The first-order chi connectivity index (χ1) is 16.6. The first kappa shape index (κ1) is 25.7. The quantitative estimate of drug-likeness (QED) is 0.340. The Morgan fingerprint density at radius 2 is 1.71 bits per heavy atom. The Bertz CT molecular complexity index is 815. The topological polar surface area (TPSA) is 85.2 Å². The van der Waals surface area contributed by atoms with Crippen molar-refractivity contribution in [2.45, 2.75) is 122 Å². The number of rotatable bonds is 4. The SMILES string of the molecule is C=CC1CCC2C3CCC4CC(OC5OC(C)C(O)C(O)C5OC(C)=O)CCC4(C)C3CCC12C. The first-order valence-corrected chi connectivity index (χ1v) is 14.0. The molecular formula is C29H46O6. The van der Waals surface area contributed by atoms with Gasteiger partial charge in [-0.25, -0.2) is 0 Å². The fourth-order valence-electron chi connectivity index (χ4n) is 9.39. The Hall–Kier alpha value is -0.950. The van der Waals surface area contributed by atoms with Crippen molar-refractivity contribution in [1.82, 2.24) is 0 Å². The van der Waals surface area contributed by atoms with Gasteiger partial charge in [0.1, 0.15) is 12.2 Å². The number of hydrogen-bond donors (Lipinski definition) is 2. The molecule has 4 saturated carbocycles. The van der Waals surface area contributed by atoms with Crippen molar-refractivity contribution in [2.75, 3.05) is 0 Å². The summed E-state index contributed by atoms with van der Waals surface area (Å²) in [5.74, 6) is 3.25. The molecule has 1 saturated heterocycles. The summed E-state index contributed by atoms with van der Waals surface area (Å²) in [5, 5.41) is 20.8. The van der Waals surface area contributed by atoms with Gasteiger partial charge in [0.2, 0.25) is 0 Å². The largest absolute Gasteiger partial charge is 0.454 e. The van der Waals surface area contributed by atoms with Gasteiger partial charge in [-0.15, -0.1) is 6.58 Å². The van der Waals surface area contributed by atoms with Crippen molar-refractivity contribution in [3.8, 4) is 0 Å². The number of fused-ring (bicyclic) bond motifs is 5. The van der Waals surface area contributed by atoms with Crippen LogP contribution in [-0.4, -0.2) is 53.0 Å². The summed E-state index contributed by atoms with van der Waals surface area (Å²) < 4.78 is 17.6. The van der Waals surface area contributed by atoms with Crippen molar-refractivity contribution < 1.29 is 29.2 Å². The average Bonchev–Trinajstić information content (AvgIpc) is 3.16. The molecule has 5 fully saturated rings. The lowest BCUT2D eigenvalue weighted by atomic mass is 9.44. The second-order valence-electron chi connectivity index (χ2n) is 12.9. The molecule has 4 aliphatic carbocycles. The van der Waals surface area contributed by atoms with Gasteiger partial charge in [-0.05, 0) is 105 Å². The highest BCUT2D eigenvalue weighted by Gasteiger charge is 2.60. The maximum atomic E-state index is 11.7. The summed E-state index contributed by atoms with van der Waals surface area (Å²) in [5.41, 5.74) is 0.792. The molecule has 0 aromatic heterocycles. The van der Waals surface area contributed by atoms with Crippen LogP contribution in [0.25, 0.3) is 0 Å². The first-order valence-electron chi connectivity index (χ1n) is 14.0. The molecule has 0 amide bonds. The minimum atomic E-state index is -1.22. The Balaban J connectivity index is 1.27. The smallest absolute Gasteiger partial charge is 0.303 e. The Morgan fingerprint density at radius 1 is 1.00 bits per heavy atom. The summed E-state index contributed by atoms with van der Waals surface area (Å²) in [6, 6.07) is 0. The highest BCUT2D eigenvalue weighted by Crippen LogP contribution is 2.67. The average molecular weight is 491 g/mol. The van der Waals surface area contributed by atoms with Crippen LogP contribution in [-0.2, 0) is 19.0 Å². The van der Waals surface area contributed by atoms with E-state index in [4.69, 9.17) is 14.2 Å². The van der Waals surface area contributed by atoms with E-state index in [1.165, 1.54) is 45.4 Å². The maximum Gasteiger partial charge on any atom is 0.303 e. The summed E-state index contributed by atoms with van der Waals surface area (Å²) in [7, 11) is 0. The number of esters is 1. The number of aliphatic hydroxyl groups is 2. The standard InChI is InChI=1S/C29H46O6/c1-6-18-8-10-22-21-9-7-19-15-20(11-13-29(19,5)23(21)12-14-28(18,22)4)35-27-26(34-17(3)30)25(32)24(31)16(2)33-27/h6,16,18-27,31-32H,1,7-15H2,2-5H3. The molecule has 2 N–H and O–H groups in total. The van der Waals surface area contributed by atoms with Crippen molar-refractivity contribution in [3.05, 3.63) is 12.7 Å². The van der Waals surface area contributed by atoms with Gasteiger partial charge >= 0.3 is 5.97 Å². The van der Waals surface area contributed by atoms with E-state index in [9.17, 15) is 15.0 Å². The van der Waals surface area contributed by atoms with E-state index >= 15 is 0 Å². The molecule has 0 radical (unpaired) electrons. The molecular weight excluding hydrogens is 444 g/mol.